The minimum absolute atomic E-state index is 0.898. The SMILES string of the molecule is Nc1ccc2c(c1)CC(=C1CCNCC1)C2. The molecule has 3 rings (SSSR count). The summed E-state index contributed by atoms with van der Waals surface area (Å²) >= 11 is 0. The lowest BCUT2D eigenvalue weighted by Crippen LogP contribution is -2.24. The lowest BCUT2D eigenvalue weighted by Gasteiger charge is -2.17. The summed E-state index contributed by atoms with van der Waals surface area (Å²) in [4.78, 5) is 0. The summed E-state index contributed by atoms with van der Waals surface area (Å²) in [5.74, 6) is 0. The second kappa shape index (κ2) is 3.95. The standard InChI is InChI=1S/C14H18N2/c15-14-2-1-11-7-12(8-13(11)9-14)10-3-5-16-6-4-10/h1-2,9,16H,3-8,15H2. The number of nitrogen functional groups attached to an aromatic ring is 1. The predicted molar refractivity (Wildman–Crippen MR) is 67.4 cm³/mol. The zero-order valence-electron chi connectivity index (χ0n) is 9.55. The van der Waals surface area contributed by atoms with Crippen LogP contribution in [-0.4, -0.2) is 13.1 Å². The van der Waals surface area contributed by atoms with Gasteiger partial charge in [0.05, 0.1) is 0 Å². The highest BCUT2D eigenvalue weighted by molar-refractivity contribution is 5.51. The first-order valence-electron chi connectivity index (χ1n) is 6.11. The molecule has 2 aliphatic rings. The van der Waals surface area contributed by atoms with Gasteiger partial charge in [-0.05, 0) is 62.0 Å². The summed E-state index contributed by atoms with van der Waals surface area (Å²) in [5, 5.41) is 3.41. The van der Waals surface area contributed by atoms with Crippen LogP contribution in [0.2, 0.25) is 0 Å². The Morgan fingerprint density at radius 2 is 1.69 bits per heavy atom. The zero-order valence-corrected chi connectivity index (χ0v) is 9.55. The molecule has 0 atom stereocenters. The number of benzene rings is 1. The van der Waals surface area contributed by atoms with Crippen molar-refractivity contribution in [3.8, 4) is 0 Å². The molecule has 2 heteroatoms. The van der Waals surface area contributed by atoms with E-state index in [4.69, 9.17) is 5.73 Å². The molecule has 16 heavy (non-hydrogen) atoms. The van der Waals surface area contributed by atoms with Crippen molar-refractivity contribution >= 4 is 5.69 Å². The molecule has 0 aromatic heterocycles. The fourth-order valence-corrected chi connectivity index (χ4v) is 2.84. The maximum absolute atomic E-state index is 5.83. The molecule has 2 nitrogen and oxygen atoms in total. The molecule has 0 amide bonds. The van der Waals surface area contributed by atoms with E-state index in [0.717, 1.165) is 31.6 Å². The summed E-state index contributed by atoms with van der Waals surface area (Å²) in [6, 6.07) is 6.36. The Morgan fingerprint density at radius 1 is 0.938 bits per heavy atom. The van der Waals surface area contributed by atoms with Crippen LogP contribution in [0.3, 0.4) is 0 Å². The average Bonchev–Trinajstić information content (AvgIpc) is 2.73. The van der Waals surface area contributed by atoms with Gasteiger partial charge in [0.15, 0.2) is 0 Å². The van der Waals surface area contributed by atoms with Gasteiger partial charge in [0.2, 0.25) is 0 Å². The van der Waals surface area contributed by atoms with E-state index in [2.05, 4.69) is 17.4 Å². The Labute approximate surface area is 96.5 Å². The maximum Gasteiger partial charge on any atom is 0.0317 e. The normalized spacial score (nSPS) is 20.0. The number of hydrogen-bond donors (Lipinski definition) is 2. The molecule has 84 valence electrons. The number of anilines is 1. The van der Waals surface area contributed by atoms with Crippen LogP contribution in [0.15, 0.2) is 29.3 Å². The highest BCUT2D eigenvalue weighted by atomic mass is 14.9. The van der Waals surface area contributed by atoms with E-state index in [1.54, 1.807) is 11.1 Å². The van der Waals surface area contributed by atoms with Crippen LogP contribution in [-0.2, 0) is 12.8 Å². The predicted octanol–water partition coefficient (Wildman–Crippen LogP) is 2.05. The quantitative estimate of drug-likeness (QED) is 0.512. The van der Waals surface area contributed by atoms with Gasteiger partial charge in [-0.2, -0.15) is 0 Å². The van der Waals surface area contributed by atoms with Crippen LogP contribution in [0.4, 0.5) is 5.69 Å². The molecule has 1 aliphatic heterocycles. The number of hydrogen-bond acceptors (Lipinski definition) is 2. The lowest BCUT2D eigenvalue weighted by atomic mass is 9.97. The molecule has 0 radical (unpaired) electrons. The Balaban J connectivity index is 1.89. The number of piperidine rings is 1. The van der Waals surface area contributed by atoms with E-state index < -0.39 is 0 Å². The van der Waals surface area contributed by atoms with Crippen LogP contribution in [0.1, 0.15) is 24.0 Å². The molecule has 1 fully saturated rings. The fourth-order valence-electron chi connectivity index (χ4n) is 2.84. The Morgan fingerprint density at radius 3 is 2.50 bits per heavy atom. The van der Waals surface area contributed by atoms with Crippen molar-refractivity contribution in [2.45, 2.75) is 25.7 Å². The van der Waals surface area contributed by atoms with Crippen molar-refractivity contribution in [2.24, 2.45) is 0 Å². The number of nitrogens with two attached hydrogens (primary N) is 1. The fraction of sp³-hybridized carbons (Fsp3) is 0.429. The molecule has 0 saturated carbocycles. The highest BCUT2D eigenvalue weighted by Gasteiger charge is 2.19. The molecular weight excluding hydrogens is 196 g/mol. The van der Waals surface area contributed by atoms with Gasteiger partial charge in [0, 0.05) is 5.69 Å². The molecule has 0 unspecified atom stereocenters. The molecule has 1 aromatic carbocycles. The summed E-state index contributed by atoms with van der Waals surface area (Å²) < 4.78 is 0. The average molecular weight is 214 g/mol. The third-order valence-electron chi connectivity index (χ3n) is 3.75. The van der Waals surface area contributed by atoms with Crippen molar-refractivity contribution in [3.63, 3.8) is 0 Å². The summed E-state index contributed by atoms with van der Waals surface area (Å²) in [7, 11) is 0. The van der Waals surface area contributed by atoms with E-state index in [-0.39, 0.29) is 0 Å². The third kappa shape index (κ3) is 1.74. The van der Waals surface area contributed by atoms with Crippen LogP contribution >= 0.6 is 0 Å². The maximum atomic E-state index is 5.83. The number of allylic oxidation sites excluding steroid dienone is 1. The molecule has 0 spiro atoms. The Bertz CT molecular complexity index is 438. The van der Waals surface area contributed by atoms with E-state index in [1.165, 1.54) is 24.0 Å². The summed E-state index contributed by atoms with van der Waals surface area (Å²) in [6.45, 7) is 2.30. The van der Waals surface area contributed by atoms with Crippen LogP contribution in [0.25, 0.3) is 0 Å². The first-order valence-corrected chi connectivity index (χ1v) is 6.11. The second-order valence-electron chi connectivity index (χ2n) is 4.84. The number of fused-ring (bicyclic) bond motifs is 1. The summed E-state index contributed by atoms with van der Waals surface area (Å²) in [6.07, 6.45) is 4.76. The zero-order chi connectivity index (χ0) is 11.0. The van der Waals surface area contributed by atoms with E-state index in [1.807, 2.05) is 6.07 Å². The number of rotatable bonds is 0. The first kappa shape index (κ1) is 9.91. The molecule has 0 bridgehead atoms. The van der Waals surface area contributed by atoms with Crippen LogP contribution < -0.4 is 11.1 Å². The van der Waals surface area contributed by atoms with Crippen LogP contribution in [0.5, 0.6) is 0 Å². The molecule has 1 saturated heterocycles. The van der Waals surface area contributed by atoms with Crippen LogP contribution in [0, 0.1) is 0 Å². The van der Waals surface area contributed by atoms with Crippen molar-refractivity contribution in [1.82, 2.24) is 5.32 Å². The molecule has 1 heterocycles. The van der Waals surface area contributed by atoms with Gasteiger partial charge in [-0.1, -0.05) is 17.2 Å². The van der Waals surface area contributed by atoms with Gasteiger partial charge in [-0.25, -0.2) is 0 Å². The van der Waals surface area contributed by atoms with Crippen molar-refractivity contribution in [3.05, 3.63) is 40.5 Å². The largest absolute Gasteiger partial charge is 0.399 e. The summed E-state index contributed by atoms with van der Waals surface area (Å²) in [5.41, 5.74) is 13.0. The van der Waals surface area contributed by atoms with Gasteiger partial charge in [0.25, 0.3) is 0 Å². The van der Waals surface area contributed by atoms with Crippen molar-refractivity contribution in [1.29, 1.82) is 0 Å². The van der Waals surface area contributed by atoms with Gasteiger partial charge >= 0.3 is 0 Å². The third-order valence-corrected chi connectivity index (χ3v) is 3.75. The van der Waals surface area contributed by atoms with Gasteiger partial charge in [0.1, 0.15) is 0 Å². The number of nitrogens with one attached hydrogen (secondary N) is 1. The Kier molecular flexibility index (Phi) is 2.44. The smallest absolute Gasteiger partial charge is 0.0317 e. The van der Waals surface area contributed by atoms with E-state index in [0.29, 0.717) is 0 Å². The highest BCUT2D eigenvalue weighted by Crippen LogP contribution is 2.31. The molecule has 3 N–H and O–H groups in total. The Hall–Kier alpha value is -1.28. The van der Waals surface area contributed by atoms with E-state index in [9.17, 15) is 0 Å². The first-order chi connectivity index (χ1) is 7.83. The molecule has 1 aromatic rings. The van der Waals surface area contributed by atoms with Gasteiger partial charge in [-0.15, -0.1) is 0 Å². The van der Waals surface area contributed by atoms with Gasteiger partial charge < -0.3 is 11.1 Å². The molecular formula is C14H18N2. The molecule has 1 aliphatic carbocycles. The topological polar surface area (TPSA) is 38.0 Å². The van der Waals surface area contributed by atoms with Crippen molar-refractivity contribution < 1.29 is 0 Å². The van der Waals surface area contributed by atoms with E-state index >= 15 is 0 Å². The monoisotopic (exact) mass is 214 g/mol. The minimum atomic E-state index is 0.898. The van der Waals surface area contributed by atoms with Crippen molar-refractivity contribution in [2.75, 3.05) is 18.8 Å². The second-order valence-corrected chi connectivity index (χ2v) is 4.84. The van der Waals surface area contributed by atoms with Gasteiger partial charge in [-0.3, -0.25) is 0 Å². The lowest BCUT2D eigenvalue weighted by molar-refractivity contribution is 0.602. The minimum Gasteiger partial charge on any atom is -0.399 e.